The summed E-state index contributed by atoms with van der Waals surface area (Å²) in [6.07, 6.45) is 5.14. The van der Waals surface area contributed by atoms with Gasteiger partial charge in [0.15, 0.2) is 0 Å². The first-order valence-electron chi connectivity index (χ1n) is 7.18. The molecule has 1 aromatic rings. The molecule has 0 aliphatic heterocycles. The number of nitrogens with one attached hydrogen (secondary N) is 1. The summed E-state index contributed by atoms with van der Waals surface area (Å²) in [5.41, 5.74) is 0.837. The number of amides is 1. The fourth-order valence-electron chi connectivity index (χ4n) is 1.50. The van der Waals surface area contributed by atoms with Crippen molar-refractivity contribution in [2.24, 2.45) is 0 Å². The number of carbonyl (C=O) groups is 2. The molecule has 157 valence electrons. The Morgan fingerprint density at radius 2 is 1.55 bits per heavy atom. The van der Waals surface area contributed by atoms with Crippen molar-refractivity contribution >= 4 is 12.4 Å². The van der Waals surface area contributed by atoms with Crippen molar-refractivity contribution in [3.63, 3.8) is 0 Å². The molecule has 0 spiro atoms. The van der Waals surface area contributed by atoms with Gasteiger partial charge in [-0.05, 0) is 37.3 Å². The number of esters is 1. The topological polar surface area (TPSA) is 64.6 Å². The van der Waals surface area contributed by atoms with Gasteiger partial charge in [0.25, 0.3) is 0 Å². The molecular formula is C21H32NO4Y3-3. The summed E-state index contributed by atoms with van der Waals surface area (Å²) in [6, 6.07) is 6.79. The van der Waals surface area contributed by atoms with Crippen LogP contribution in [0.25, 0.3) is 0 Å². The summed E-state index contributed by atoms with van der Waals surface area (Å²) < 4.78 is 10.3. The van der Waals surface area contributed by atoms with Crippen LogP contribution in [0.15, 0.2) is 60.5 Å². The maximum Gasteiger partial charge on any atom is 0.346 e. The van der Waals surface area contributed by atoms with Gasteiger partial charge in [0, 0.05) is 104 Å². The molecule has 1 N–H and O–H groups in total. The summed E-state index contributed by atoms with van der Waals surface area (Å²) in [7, 11) is 1.49. The summed E-state index contributed by atoms with van der Waals surface area (Å²) >= 11 is 0. The molecule has 0 bridgehead atoms. The van der Waals surface area contributed by atoms with E-state index in [1.807, 2.05) is 13.8 Å². The molecule has 8 heteroatoms. The second-order valence-electron chi connectivity index (χ2n) is 3.96. The van der Waals surface area contributed by atoms with Gasteiger partial charge in [0.1, 0.15) is 17.1 Å². The first kappa shape index (κ1) is 47.3. The van der Waals surface area contributed by atoms with Crippen LogP contribution in [0.2, 0.25) is 0 Å². The van der Waals surface area contributed by atoms with Crippen LogP contribution in [0.5, 0.6) is 5.75 Å². The Kier molecular flexibility index (Phi) is 50.1. The minimum absolute atomic E-state index is 0. The van der Waals surface area contributed by atoms with E-state index in [1.165, 1.54) is 13.2 Å². The fourth-order valence-corrected chi connectivity index (χ4v) is 1.50. The molecule has 0 aromatic heterocycles. The number of hydrogen-bond acceptors (Lipinski definition) is 4. The normalized spacial score (nSPS) is 8.55. The molecule has 0 aliphatic carbocycles. The molecule has 0 heterocycles. The minimum atomic E-state index is -0.516. The van der Waals surface area contributed by atoms with E-state index in [0.717, 1.165) is 0 Å². The maximum atomic E-state index is 12.0. The summed E-state index contributed by atoms with van der Waals surface area (Å²) in [5, 5.41) is 2.45. The van der Waals surface area contributed by atoms with Crippen molar-refractivity contribution in [2.75, 3.05) is 7.11 Å². The Balaban J connectivity index is -0.000000117. The molecule has 29 heavy (non-hydrogen) atoms. The third-order valence-corrected chi connectivity index (χ3v) is 2.52. The van der Waals surface area contributed by atoms with Gasteiger partial charge in [-0.1, -0.05) is 32.6 Å². The summed E-state index contributed by atoms with van der Waals surface area (Å²) in [5.74, 6) is 0.302. The van der Waals surface area contributed by atoms with Crippen LogP contribution in [0.1, 0.15) is 31.1 Å². The molecule has 1 amide bonds. The van der Waals surface area contributed by atoms with Gasteiger partial charge in [0.05, 0.1) is 7.11 Å². The number of benzene rings is 1. The van der Waals surface area contributed by atoms with Crippen molar-refractivity contribution in [3.8, 4) is 5.75 Å². The number of rotatable bonds is 7. The Bertz CT molecular complexity index is 603. The third-order valence-electron chi connectivity index (χ3n) is 2.52. The number of para-hydroxylation sites is 1. The van der Waals surface area contributed by atoms with E-state index >= 15 is 0 Å². The van der Waals surface area contributed by atoms with Crippen LogP contribution < -0.4 is 10.1 Å². The Morgan fingerprint density at radius 1 is 1.03 bits per heavy atom. The van der Waals surface area contributed by atoms with Crippen molar-refractivity contribution < 1.29 is 117 Å². The molecular weight excluding hydrogens is 597 g/mol. The second-order valence-corrected chi connectivity index (χ2v) is 3.96. The average molecular weight is 629 g/mol. The van der Waals surface area contributed by atoms with Crippen LogP contribution in [0, 0.1) is 22.3 Å². The second kappa shape index (κ2) is 30.7. The zero-order chi connectivity index (χ0) is 17.7. The first-order chi connectivity index (χ1) is 11.1. The predicted molar refractivity (Wildman–Crippen MR) is 110 cm³/mol. The number of methoxy groups -OCH3 is 1. The van der Waals surface area contributed by atoms with Gasteiger partial charge in [-0.15, -0.1) is 0 Å². The Labute approximate surface area is 253 Å². The Hall–Kier alpha value is 0.492. The van der Waals surface area contributed by atoms with E-state index in [0.29, 0.717) is 29.2 Å². The molecule has 1 aromatic carbocycles. The molecule has 0 saturated heterocycles. The molecule has 0 atom stereocenters. The van der Waals surface area contributed by atoms with E-state index in [4.69, 9.17) is 9.47 Å². The fraction of sp³-hybridized carbons (Fsp3) is 0.190. The largest absolute Gasteiger partial charge is 0.496 e. The summed E-state index contributed by atoms with van der Waals surface area (Å²) in [4.78, 5) is 22.4. The van der Waals surface area contributed by atoms with Crippen LogP contribution in [0.4, 0.5) is 0 Å². The number of ether oxygens (including phenoxy) is 2. The zero-order valence-electron chi connectivity index (χ0n) is 18.7. The number of carbonyl (C=O) groups excluding carboxylic acids is 2. The first-order valence-corrected chi connectivity index (χ1v) is 7.18. The quantitative estimate of drug-likeness (QED) is 0.153. The molecule has 0 unspecified atom stereocenters. The van der Waals surface area contributed by atoms with Crippen LogP contribution in [0.3, 0.4) is 0 Å². The van der Waals surface area contributed by atoms with E-state index in [1.54, 1.807) is 43.3 Å². The SMILES string of the molecule is C=C/C(=C\C=C(/C)OC(=O)c1ccccc1OC)NC=O.CC.[CH3-].[CH3-].[CH3-].[Y].[Y].[Y]. The van der Waals surface area contributed by atoms with Gasteiger partial charge in [-0.2, -0.15) is 0 Å². The van der Waals surface area contributed by atoms with Crippen LogP contribution in [-0.4, -0.2) is 19.5 Å². The van der Waals surface area contributed by atoms with Gasteiger partial charge >= 0.3 is 5.97 Å². The monoisotopic (exact) mass is 629 g/mol. The molecule has 1 rings (SSSR count). The van der Waals surface area contributed by atoms with Crippen molar-refractivity contribution in [3.05, 3.63) is 88.4 Å². The smallest absolute Gasteiger partial charge is 0.346 e. The Morgan fingerprint density at radius 3 is 2.00 bits per heavy atom. The van der Waals surface area contributed by atoms with Crippen LogP contribution in [-0.2, 0) is 108 Å². The van der Waals surface area contributed by atoms with Crippen molar-refractivity contribution in [2.45, 2.75) is 20.8 Å². The summed E-state index contributed by atoms with van der Waals surface area (Å²) in [6.45, 7) is 9.18. The molecule has 0 saturated carbocycles. The van der Waals surface area contributed by atoms with E-state index in [-0.39, 0.29) is 120 Å². The number of allylic oxidation sites excluding steroid dienone is 4. The van der Waals surface area contributed by atoms with Gasteiger partial charge < -0.3 is 37.1 Å². The van der Waals surface area contributed by atoms with E-state index in [2.05, 4.69) is 11.9 Å². The molecule has 5 nitrogen and oxygen atoms in total. The van der Waals surface area contributed by atoms with Crippen LogP contribution >= 0.6 is 0 Å². The number of hydrogen-bond donors (Lipinski definition) is 1. The minimum Gasteiger partial charge on any atom is -0.496 e. The molecule has 0 aliphatic rings. The standard InChI is InChI=1S/C16H17NO4.C2H6.3CH3.3Y/c1-4-13(17-11-18)10-9-12(2)21-16(19)14-7-5-6-8-15(14)20-3;1-2;;;;;;/h4-11H,1H2,2-3H3,(H,17,18);1-2H3;3*1H3;;;/q;;3*-1;;;/b12-9+,13-10+;;;;;;;. The molecule has 0 fully saturated rings. The van der Waals surface area contributed by atoms with E-state index in [9.17, 15) is 9.59 Å². The van der Waals surface area contributed by atoms with E-state index < -0.39 is 5.97 Å². The zero-order valence-corrected chi connectivity index (χ0v) is 27.2. The van der Waals surface area contributed by atoms with Gasteiger partial charge in [0.2, 0.25) is 6.41 Å². The predicted octanol–water partition coefficient (Wildman–Crippen LogP) is 4.94. The van der Waals surface area contributed by atoms with Gasteiger partial charge in [-0.25, -0.2) is 4.79 Å². The van der Waals surface area contributed by atoms with Crippen molar-refractivity contribution in [1.29, 1.82) is 0 Å². The molecule has 3 radical (unpaired) electrons. The van der Waals surface area contributed by atoms with Gasteiger partial charge in [-0.3, -0.25) is 4.79 Å². The third kappa shape index (κ3) is 20.2. The maximum absolute atomic E-state index is 12.0. The average Bonchev–Trinajstić information content (AvgIpc) is 2.60. The van der Waals surface area contributed by atoms with Crippen molar-refractivity contribution in [1.82, 2.24) is 5.32 Å².